The van der Waals surface area contributed by atoms with Crippen LogP contribution in [0.5, 0.6) is 5.75 Å². The fourth-order valence-electron chi connectivity index (χ4n) is 5.14. The molecule has 2 fully saturated rings. The summed E-state index contributed by atoms with van der Waals surface area (Å²) in [4.78, 5) is 26.9. The van der Waals surface area contributed by atoms with Crippen LogP contribution in [0, 0.1) is 5.92 Å². The van der Waals surface area contributed by atoms with Crippen molar-refractivity contribution in [2.75, 3.05) is 26.2 Å². The van der Waals surface area contributed by atoms with Gasteiger partial charge in [0.1, 0.15) is 29.1 Å². The van der Waals surface area contributed by atoms with Crippen LogP contribution in [0.3, 0.4) is 0 Å². The summed E-state index contributed by atoms with van der Waals surface area (Å²) in [6.07, 6.45) is 1.19. The number of allylic oxidation sites excluding steroid dienone is 3. The Morgan fingerprint density at radius 2 is 1.97 bits per heavy atom. The molecule has 4 bridgehead atoms. The second-order valence-electron chi connectivity index (χ2n) is 10.2. The zero-order valence-corrected chi connectivity index (χ0v) is 22.9. The number of anilines is 1. The third kappa shape index (κ3) is 5.84. The number of nitrogens with one attached hydrogen (secondary N) is 1. The molecule has 3 aliphatic heterocycles. The van der Waals surface area contributed by atoms with E-state index in [9.17, 15) is 19.8 Å². The van der Waals surface area contributed by atoms with Gasteiger partial charge in [0.15, 0.2) is 5.72 Å². The topological polar surface area (TPSA) is 130 Å². The minimum Gasteiger partial charge on any atom is -0.495 e. The zero-order valence-electron chi connectivity index (χ0n) is 22.1. The Morgan fingerprint density at radius 1 is 1.24 bits per heavy atom. The highest BCUT2D eigenvalue weighted by molar-refractivity contribution is 6.35. The summed E-state index contributed by atoms with van der Waals surface area (Å²) in [6.45, 7) is 3.76. The lowest BCUT2D eigenvalue weighted by molar-refractivity contribution is -0.142. The van der Waals surface area contributed by atoms with Gasteiger partial charge in [0.2, 0.25) is 5.91 Å². The molecular formula is C27H35ClN2O8. The molecule has 0 aromatic heterocycles. The molecule has 1 aromatic carbocycles. The molecule has 7 atom stereocenters. The molecule has 3 N–H and O–H groups in total. The number of halogens is 1. The van der Waals surface area contributed by atoms with Crippen molar-refractivity contribution in [2.24, 2.45) is 5.92 Å². The first kappa shape index (κ1) is 28.4. The number of amides is 2. The van der Waals surface area contributed by atoms with E-state index in [2.05, 4.69) is 5.32 Å². The first-order valence-corrected chi connectivity index (χ1v) is 12.9. The minimum atomic E-state index is -1.72. The predicted octanol–water partition coefficient (Wildman–Crippen LogP) is 2.73. The lowest BCUT2D eigenvalue weighted by Gasteiger charge is -2.41. The Morgan fingerprint density at radius 3 is 2.66 bits per heavy atom. The van der Waals surface area contributed by atoms with Crippen LogP contribution < -0.4 is 15.0 Å². The standard InChI is InChI=1S/C27H35ClN2O8/c1-14-7-6-8-21(36-5)27(34)13-20(37-26(33)29-27)15(2)24-25(38-24)18(31)12-22(32)30(3)17-10-16(9-14)11-19(35-4)23(17)28/h6-8,10-11,15,18,20-21,24-25,31,34H,9,12-13H2,1-5H3,(H,29,33)/b8-6+,14-7+/t15-,18+,20+,21-,24+,25+,27+/m1/s1. The molecule has 0 radical (unpaired) electrons. The molecule has 38 heavy (non-hydrogen) atoms. The van der Waals surface area contributed by atoms with Crippen LogP contribution >= 0.6 is 11.6 Å². The number of carbonyl (C=O) groups is 2. The number of nitrogens with zero attached hydrogens (tertiary/aromatic N) is 1. The van der Waals surface area contributed by atoms with Crippen LogP contribution in [0.2, 0.25) is 5.02 Å². The van der Waals surface area contributed by atoms with Crippen molar-refractivity contribution in [1.82, 2.24) is 5.32 Å². The van der Waals surface area contributed by atoms with E-state index in [1.54, 1.807) is 19.2 Å². The number of methoxy groups -OCH3 is 2. The number of benzene rings is 1. The summed E-state index contributed by atoms with van der Waals surface area (Å²) in [5.41, 5.74) is 0.585. The SMILES string of the molecule is COc1cc2cc(c1Cl)N(C)C(=O)C[C@H](O)[C@@H]1O[C@H]1[C@H](C)[C@@H]1C[C@@](O)(NC(=O)O1)[C@H](OC)/C=C/C=C(\C)C2. The molecule has 208 valence electrons. The van der Waals surface area contributed by atoms with Gasteiger partial charge in [-0.15, -0.1) is 0 Å². The molecule has 3 aliphatic rings. The number of carbonyl (C=O) groups excluding carboxylic acids is 2. The van der Waals surface area contributed by atoms with Crippen LogP contribution in [0.1, 0.15) is 32.3 Å². The number of hydrogen-bond donors (Lipinski definition) is 3. The highest BCUT2D eigenvalue weighted by Crippen LogP contribution is 2.40. The average Bonchev–Trinajstić information content (AvgIpc) is 3.66. The van der Waals surface area contributed by atoms with Crippen molar-refractivity contribution in [2.45, 2.75) is 69.4 Å². The van der Waals surface area contributed by atoms with Crippen LogP contribution in [-0.4, -0.2) is 79.7 Å². The van der Waals surface area contributed by atoms with Gasteiger partial charge in [-0.3, -0.25) is 10.1 Å². The number of ether oxygens (including phenoxy) is 4. The van der Waals surface area contributed by atoms with E-state index in [-0.39, 0.29) is 24.7 Å². The Kier molecular flexibility index (Phi) is 8.39. The van der Waals surface area contributed by atoms with Gasteiger partial charge >= 0.3 is 6.09 Å². The molecule has 2 amide bonds. The van der Waals surface area contributed by atoms with Gasteiger partial charge in [0.05, 0.1) is 31.4 Å². The van der Waals surface area contributed by atoms with E-state index >= 15 is 0 Å². The Labute approximate surface area is 227 Å². The Hall–Kier alpha value is -2.63. The fourth-order valence-corrected chi connectivity index (χ4v) is 5.45. The summed E-state index contributed by atoms with van der Waals surface area (Å²) in [7, 11) is 4.55. The van der Waals surface area contributed by atoms with Crippen LogP contribution in [0.15, 0.2) is 35.9 Å². The quantitative estimate of drug-likeness (QED) is 0.479. The van der Waals surface area contributed by atoms with Gasteiger partial charge in [-0.2, -0.15) is 0 Å². The van der Waals surface area contributed by atoms with Crippen LogP contribution in [0.4, 0.5) is 10.5 Å². The molecule has 0 spiro atoms. The van der Waals surface area contributed by atoms with Crippen molar-refractivity contribution in [1.29, 1.82) is 0 Å². The Balaban J connectivity index is 1.71. The molecule has 11 heteroatoms. The van der Waals surface area contributed by atoms with E-state index in [1.165, 1.54) is 19.1 Å². The molecule has 0 aliphatic carbocycles. The molecular weight excluding hydrogens is 516 g/mol. The lowest BCUT2D eigenvalue weighted by Crippen LogP contribution is -2.63. The monoisotopic (exact) mass is 550 g/mol. The lowest BCUT2D eigenvalue weighted by atomic mass is 9.87. The zero-order chi connectivity index (χ0) is 27.8. The van der Waals surface area contributed by atoms with Crippen LogP contribution in [-0.2, 0) is 25.4 Å². The highest BCUT2D eigenvalue weighted by Gasteiger charge is 2.54. The van der Waals surface area contributed by atoms with Gasteiger partial charge in [-0.1, -0.05) is 42.3 Å². The van der Waals surface area contributed by atoms with E-state index in [0.29, 0.717) is 22.9 Å². The summed E-state index contributed by atoms with van der Waals surface area (Å²) in [5.74, 6) is -0.280. The number of alkyl carbamates (subject to hydrolysis) is 1. The van der Waals surface area contributed by atoms with Crippen molar-refractivity contribution >= 4 is 29.3 Å². The number of rotatable bonds is 2. The second-order valence-corrected chi connectivity index (χ2v) is 10.6. The second kappa shape index (κ2) is 11.2. The normalized spacial score (nSPS) is 36.3. The first-order chi connectivity index (χ1) is 18.0. The van der Waals surface area contributed by atoms with Crippen LogP contribution in [0.25, 0.3) is 0 Å². The van der Waals surface area contributed by atoms with Gasteiger partial charge in [0.25, 0.3) is 0 Å². The van der Waals surface area contributed by atoms with E-state index in [1.807, 2.05) is 32.1 Å². The predicted molar refractivity (Wildman–Crippen MR) is 140 cm³/mol. The van der Waals surface area contributed by atoms with Gasteiger partial charge in [0, 0.05) is 26.5 Å². The van der Waals surface area contributed by atoms with Crippen molar-refractivity contribution in [3.05, 3.63) is 46.5 Å². The third-order valence-corrected chi connectivity index (χ3v) is 7.81. The molecule has 4 rings (SSSR count). The number of fused-ring (bicyclic) bond motifs is 5. The fraction of sp³-hybridized carbons (Fsp3) is 0.556. The largest absolute Gasteiger partial charge is 0.495 e. The number of epoxide rings is 1. The van der Waals surface area contributed by atoms with E-state index in [0.717, 1.165) is 11.1 Å². The molecule has 10 nitrogen and oxygen atoms in total. The average molecular weight is 551 g/mol. The number of hydrogen-bond acceptors (Lipinski definition) is 8. The number of aliphatic hydroxyl groups is 2. The van der Waals surface area contributed by atoms with E-state index in [4.69, 9.17) is 30.5 Å². The first-order valence-electron chi connectivity index (χ1n) is 12.5. The smallest absolute Gasteiger partial charge is 0.409 e. The van der Waals surface area contributed by atoms with Gasteiger partial charge in [-0.05, 0) is 31.0 Å². The van der Waals surface area contributed by atoms with Gasteiger partial charge < -0.3 is 34.1 Å². The van der Waals surface area contributed by atoms with Crippen molar-refractivity contribution in [3.8, 4) is 5.75 Å². The Bertz CT molecular complexity index is 1140. The van der Waals surface area contributed by atoms with Crippen molar-refractivity contribution in [3.63, 3.8) is 0 Å². The summed E-state index contributed by atoms with van der Waals surface area (Å²) in [5, 5.41) is 24.9. The molecule has 0 saturated carbocycles. The maximum Gasteiger partial charge on any atom is 0.409 e. The van der Waals surface area contributed by atoms with E-state index < -0.39 is 42.3 Å². The van der Waals surface area contributed by atoms with Crippen molar-refractivity contribution < 1.29 is 38.7 Å². The number of aliphatic hydroxyl groups excluding tert-OH is 1. The summed E-state index contributed by atoms with van der Waals surface area (Å²) < 4.78 is 22.2. The van der Waals surface area contributed by atoms with Gasteiger partial charge in [-0.25, -0.2) is 4.79 Å². The summed E-state index contributed by atoms with van der Waals surface area (Å²) in [6, 6.07) is 3.63. The minimum absolute atomic E-state index is 0.0416. The highest BCUT2D eigenvalue weighted by atomic mass is 35.5. The molecule has 2 saturated heterocycles. The summed E-state index contributed by atoms with van der Waals surface area (Å²) >= 11 is 6.55. The molecule has 3 heterocycles. The third-order valence-electron chi connectivity index (χ3n) is 7.43. The molecule has 0 unspecified atom stereocenters. The maximum atomic E-state index is 13.1. The molecule has 1 aromatic rings. The maximum absolute atomic E-state index is 13.1.